The smallest absolute Gasteiger partial charge is 0.449 e. The van der Waals surface area contributed by atoms with Crippen molar-refractivity contribution >= 4 is 29.8 Å². The summed E-state index contributed by atoms with van der Waals surface area (Å²) < 4.78 is 46.5. The van der Waals surface area contributed by atoms with Crippen LogP contribution in [0, 0.1) is 5.41 Å². The van der Waals surface area contributed by atoms with Gasteiger partial charge in [-0.3, -0.25) is 14.4 Å². The number of halogens is 3. The lowest BCUT2D eigenvalue weighted by Gasteiger charge is -2.19. The number of alkyl carbamates (subject to hydrolysis) is 1. The number of ether oxygens (including phenoxy) is 2. The quantitative estimate of drug-likeness (QED) is 0.190. The molecule has 0 spiro atoms. The van der Waals surface area contributed by atoms with Crippen molar-refractivity contribution in [3.8, 4) is 11.1 Å². The van der Waals surface area contributed by atoms with Gasteiger partial charge in [0.05, 0.1) is 25.6 Å². The average molecular weight is 594 g/mol. The van der Waals surface area contributed by atoms with Gasteiger partial charge < -0.3 is 25.4 Å². The zero-order valence-electron chi connectivity index (χ0n) is 23.5. The molecule has 2 rings (SSSR count). The molecule has 0 aliphatic carbocycles. The van der Waals surface area contributed by atoms with Crippen LogP contribution >= 0.6 is 0 Å². The van der Waals surface area contributed by atoms with Crippen LogP contribution in [0.2, 0.25) is 0 Å². The number of hydrogen-bond donors (Lipinski definition) is 3. The summed E-state index contributed by atoms with van der Waals surface area (Å²) in [5, 5.41) is 7.39. The molecule has 3 amide bonds. The van der Waals surface area contributed by atoms with Crippen molar-refractivity contribution in [3.63, 3.8) is 0 Å². The largest absolute Gasteiger partial charge is 0.491 e. The number of amides is 3. The highest BCUT2D eigenvalue weighted by Crippen LogP contribution is 2.24. The molecule has 0 radical (unpaired) electrons. The molecule has 0 aliphatic rings. The van der Waals surface area contributed by atoms with E-state index >= 15 is 0 Å². The first kappa shape index (κ1) is 33.8. The number of rotatable bonds is 12. The Morgan fingerprint density at radius 1 is 0.833 bits per heavy atom. The van der Waals surface area contributed by atoms with Crippen molar-refractivity contribution in [3.05, 3.63) is 60.2 Å². The van der Waals surface area contributed by atoms with Crippen LogP contribution in [0.1, 0.15) is 51.6 Å². The van der Waals surface area contributed by atoms with Gasteiger partial charge in [0.1, 0.15) is 0 Å². The molecular formula is C29H34F3N3O7. The molecule has 42 heavy (non-hydrogen) atoms. The minimum atomic E-state index is -5.36. The first-order valence-electron chi connectivity index (χ1n) is 13.1. The highest BCUT2D eigenvalue weighted by molar-refractivity contribution is 5.89. The Morgan fingerprint density at radius 2 is 1.45 bits per heavy atom. The summed E-state index contributed by atoms with van der Waals surface area (Å²) in [6.07, 6.45) is -6.49. The second-order valence-electron chi connectivity index (χ2n) is 10.5. The first-order valence-corrected chi connectivity index (χ1v) is 13.1. The monoisotopic (exact) mass is 593 g/mol. The van der Waals surface area contributed by atoms with Gasteiger partial charge in [0.2, 0.25) is 11.8 Å². The standard InChI is InChI=1S/C29H34F3N3O7/c1-28(2,3)18-41-27(40)33-15-7-10-23(36)34-17-24(37)35-22(16-25(38)42-26(39)29(30,31)32)21-13-11-20(12-14-21)19-8-5-4-6-9-19/h4-6,8-9,11-14,22H,7,10,15-18H2,1-3H3,(H,33,40)(H,34,36)(H,35,37). The lowest BCUT2D eigenvalue weighted by molar-refractivity contribution is -0.202. The maximum atomic E-state index is 12.6. The van der Waals surface area contributed by atoms with E-state index in [1.165, 1.54) is 0 Å². The summed E-state index contributed by atoms with van der Waals surface area (Å²) in [6.45, 7) is 5.63. The van der Waals surface area contributed by atoms with Crippen LogP contribution in [0.3, 0.4) is 0 Å². The molecule has 0 aromatic heterocycles. The molecule has 0 heterocycles. The Hall–Kier alpha value is -4.42. The van der Waals surface area contributed by atoms with Gasteiger partial charge in [-0.15, -0.1) is 0 Å². The maximum absolute atomic E-state index is 12.6. The molecular weight excluding hydrogens is 559 g/mol. The van der Waals surface area contributed by atoms with Crippen molar-refractivity contribution in [1.29, 1.82) is 0 Å². The third-order valence-electron chi connectivity index (χ3n) is 5.50. The molecule has 0 bridgehead atoms. The number of nitrogens with one attached hydrogen (secondary N) is 3. The van der Waals surface area contributed by atoms with Crippen LogP contribution in [0.25, 0.3) is 11.1 Å². The molecule has 10 nitrogen and oxygen atoms in total. The summed E-state index contributed by atoms with van der Waals surface area (Å²) in [5.41, 5.74) is 1.86. The highest BCUT2D eigenvalue weighted by Gasteiger charge is 2.42. The fourth-order valence-corrected chi connectivity index (χ4v) is 3.45. The number of alkyl halides is 3. The van der Waals surface area contributed by atoms with Crippen molar-refractivity contribution in [2.75, 3.05) is 19.7 Å². The second kappa shape index (κ2) is 15.5. The first-order chi connectivity index (χ1) is 19.6. The lowest BCUT2D eigenvalue weighted by Crippen LogP contribution is -2.40. The van der Waals surface area contributed by atoms with E-state index in [-0.39, 0.29) is 31.4 Å². The van der Waals surface area contributed by atoms with Crippen LogP contribution < -0.4 is 16.0 Å². The topological polar surface area (TPSA) is 140 Å². The molecule has 0 fully saturated rings. The Bertz CT molecular complexity index is 1230. The van der Waals surface area contributed by atoms with Crippen LogP contribution in [-0.2, 0) is 28.7 Å². The molecule has 13 heteroatoms. The predicted octanol–water partition coefficient (Wildman–Crippen LogP) is 4.20. The van der Waals surface area contributed by atoms with Gasteiger partial charge in [-0.2, -0.15) is 13.2 Å². The normalized spacial score (nSPS) is 12.0. The molecule has 1 atom stereocenters. The third-order valence-corrected chi connectivity index (χ3v) is 5.50. The number of esters is 2. The molecule has 3 N–H and O–H groups in total. The molecule has 228 valence electrons. The number of carbonyl (C=O) groups excluding carboxylic acids is 5. The van der Waals surface area contributed by atoms with Gasteiger partial charge in [0, 0.05) is 13.0 Å². The zero-order chi connectivity index (χ0) is 31.3. The van der Waals surface area contributed by atoms with Crippen LogP contribution in [-0.4, -0.2) is 55.7 Å². The Morgan fingerprint density at radius 3 is 2.05 bits per heavy atom. The number of benzene rings is 2. The summed E-state index contributed by atoms with van der Waals surface area (Å²) in [5.74, 6) is -5.39. The summed E-state index contributed by atoms with van der Waals surface area (Å²) in [7, 11) is 0. The van der Waals surface area contributed by atoms with E-state index in [4.69, 9.17) is 4.74 Å². The molecule has 2 aromatic rings. The predicted molar refractivity (Wildman–Crippen MR) is 146 cm³/mol. The van der Waals surface area contributed by atoms with Crippen molar-refractivity contribution in [1.82, 2.24) is 16.0 Å². The van der Waals surface area contributed by atoms with E-state index in [1.807, 2.05) is 51.1 Å². The van der Waals surface area contributed by atoms with Crippen molar-refractivity contribution in [2.45, 2.75) is 52.3 Å². The van der Waals surface area contributed by atoms with Gasteiger partial charge >= 0.3 is 24.2 Å². The Balaban J connectivity index is 1.93. The maximum Gasteiger partial charge on any atom is 0.491 e. The lowest BCUT2D eigenvalue weighted by atomic mass is 9.99. The van der Waals surface area contributed by atoms with Gasteiger partial charge in [0.15, 0.2) is 0 Å². The summed E-state index contributed by atoms with van der Waals surface area (Å²) in [6, 6.07) is 14.6. The fourth-order valence-electron chi connectivity index (χ4n) is 3.45. The highest BCUT2D eigenvalue weighted by atomic mass is 19.4. The minimum absolute atomic E-state index is 0.0108. The SMILES string of the molecule is CC(C)(C)COC(=O)NCCCC(=O)NCC(=O)NC(CC(=O)OC(=O)C(F)(F)F)c1ccc(-c2ccccc2)cc1. The number of carbonyl (C=O) groups is 5. The van der Waals surface area contributed by atoms with Gasteiger partial charge in [-0.1, -0.05) is 75.4 Å². The molecule has 0 saturated heterocycles. The Labute approximate surface area is 241 Å². The van der Waals surface area contributed by atoms with Crippen LogP contribution in [0.15, 0.2) is 54.6 Å². The van der Waals surface area contributed by atoms with Gasteiger partial charge in [0.25, 0.3) is 0 Å². The van der Waals surface area contributed by atoms with E-state index in [0.717, 1.165) is 11.1 Å². The van der Waals surface area contributed by atoms with Crippen LogP contribution in [0.5, 0.6) is 0 Å². The van der Waals surface area contributed by atoms with Crippen molar-refractivity contribution in [2.24, 2.45) is 5.41 Å². The van der Waals surface area contributed by atoms with E-state index in [0.29, 0.717) is 5.56 Å². The van der Waals surface area contributed by atoms with E-state index in [2.05, 4.69) is 20.7 Å². The molecule has 1 unspecified atom stereocenters. The minimum Gasteiger partial charge on any atom is -0.449 e. The average Bonchev–Trinajstić information content (AvgIpc) is 2.92. The Kier molecular flexibility index (Phi) is 12.5. The molecule has 2 aromatic carbocycles. The van der Waals surface area contributed by atoms with E-state index in [1.54, 1.807) is 24.3 Å². The molecule has 0 saturated carbocycles. The van der Waals surface area contributed by atoms with Gasteiger partial charge in [-0.05, 0) is 28.5 Å². The third kappa shape index (κ3) is 12.8. The number of hydrogen-bond acceptors (Lipinski definition) is 7. The summed E-state index contributed by atoms with van der Waals surface area (Å²) in [4.78, 5) is 59.5. The van der Waals surface area contributed by atoms with E-state index < -0.39 is 55.0 Å². The van der Waals surface area contributed by atoms with Crippen LogP contribution in [0.4, 0.5) is 18.0 Å². The van der Waals surface area contributed by atoms with Crippen molar-refractivity contribution < 1.29 is 46.6 Å². The van der Waals surface area contributed by atoms with E-state index in [9.17, 15) is 37.1 Å². The summed E-state index contributed by atoms with van der Waals surface area (Å²) >= 11 is 0. The zero-order valence-corrected chi connectivity index (χ0v) is 23.5. The second-order valence-corrected chi connectivity index (χ2v) is 10.5. The fraction of sp³-hybridized carbons (Fsp3) is 0.414. The van der Waals surface area contributed by atoms with Gasteiger partial charge in [-0.25, -0.2) is 9.59 Å². The molecule has 0 aliphatic heterocycles.